The minimum Gasteiger partial charge on any atom is -0.326 e. The first-order chi connectivity index (χ1) is 5.91. The molecule has 0 unspecified atom stereocenters. The van der Waals surface area contributed by atoms with Gasteiger partial charge in [0.1, 0.15) is 0 Å². The summed E-state index contributed by atoms with van der Waals surface area (Å²) in [6.07, 6.45) is -1.29. The average Bonchev–Trinajstić information content (AvgIpc) is 2.02. The maximum Gasteiger partial charge on any atom is 0.394 e. The van der Waals surface area contributed by atoms with Crippen LogP contribution in [0.4, 0.5) is 13.2 Å². The molecule has 1 nitrogen and oxygen atoms in total. The van der Waals surface area contributed by atoms with Crippen LogP contribution in [-0.4, -0.2) is 37.3 Å². The fourth-order valence-corrected chi connectivity index (χ4v) is 1.90. The highest BCUT2D eigenvalue weighted by molar-refractivity contribution is 4.55. The second-order valence-electron chi connectivity index (χ2n) is 4.22. The van der Waals surface area contributed by atoms with Crippen LogP contribution in [0.2, 0.25) is 0 Å². The SMILES string of the molecule is C[N+]1(CCC(F)(F)F)CCCCC1. The van der Waals surface area contributed by atoms with E-state index in [1.165, 1.54) is 6.42 Å². The molecule has 0 amide bonds. The summed E-state index contributed by atoms with van der Waals surface area (Å²) in [5.74, 6) is 0. The number of hydrogen-bond acceptors (Lipinski definition) is 0. The Kier molecular flexibility index (Phi) is 3.22. The van der Waals surface area contributed by atoms with Crippen molar-refractivity contribution >= 4 is 0 Å². The minimum atomic E-state index is -3.99. The molecule has 78 valence electrons. The Balaban J connectivity index is 2.33. The highest BCUT2D eigenvalue weighted by Gasteiger charge is 2.33. The molecule has 1 aliphatic heterocycles. The quantitative estimate of drug-likeness (QED) is 0.595. The molecule has 13 heavy (non-hydrogen) atoms. The molecule has 1 fully saturated rings. The molecule has 4 heteroatoms. The summed E-state index contributed by atoms with van der Waals surface area (Å²) in [6.45, 7) is 2.08. The van der Waals surface area contributed by atoms with Crippen LogP contribution in [0.5, 0.6) is 0 Å². The Hall–Kier alpha value is -0.250. The molecule has 0 saturated carbocycles. The number of alkyl halides is 3. The van der Waals surface area contributed by atoms with Crippen LogP contribution in [-0.2, 0) is 0 Å². The zero-order valence-corrected chi connectivity index (χ0v) is 8.03. The third kappa shape index (κ3) is 3.98. The van der Waals surface area contributed by atoms with E-state index in [2.05, 4.69) is 0 Å². The van der Waals surface area contributed by atoms with Gasteiger partial charge < -0.3 is 4.48 Å². The lowest BCUT2D eigenvalue weighted by Crippen LogP contribution is -2.49. The summed E-state index contributed by atoms with van der Waals surface area (Å²) < 4.78 is 36.5. The number of quaternary nitrogens is 1. The number of hydrogen-bond donors (Lipinski definition) is 0. The lowest BCUT2D eigenvalue weighted by molar-refractivity contribution is -0.915. The van der Waals surface area contributed by atoms with Crippen molar-refractivity contribution in [1.82, 2.24) is 0 Å². The van der Waals surface area contributed by atoms with Gasteiger partial charge in [-0.15, -0.1) is 0 Å². The van der Waals surface area contributed by atoms with Crippen molar-refractivity contribution in [2.45, 2.75) is 31.9 Å². The zero-order valence-electron chi connectivity index (χ0n) is 8.03. The molecule has 0 N–H and O–H groups in total. The minimum absolute atomic E-state index is 0.253. The van der Waals surface area contributed by atoms with E-state index in [0.29, 0.717) is 4.48 Å². The van der Waals surface area contributed by atoms with Crippen molar-refractivity contribution in [1.29, 1.82) is 0 Å². The third-order valence-electron chi connectivity index (χ3n) is 2.83. The Labute approximate surface area is 77.1 Å². The molecule has 0 aliphatic carbocycles. The number of nitrogens with zero attached hydrogens (tertiary/aromatic N) is 1. The van der Waals surface area contributed by atoms with E-state index in [0.717, 1.165) is 25.9 Å². The van der Waals surface area contributed by atoms with Crippen LogP contribution in [0.3, 0.4) is 0 Å². The van der Waals surface area contributed by atoms with Crippen molar-refractivity contribution in [2.75, 3.05) is 26.7 Å². The second kappa shape index (κ2) is 3.86. The highest BCUT2D eigenvalue weighted by Crippen LogP contribution is 2.24. The van der Waals surface area contributed by atoms with Gasteiger partial charge in [0.05, 0.1) is 33.1 Å². The number of piperidine rings is 1. The van der Waals surface area contributed by atoms with Crippen molar-refractivity contribution in [3.05, 3.63) is 0 Å². The van der Waals surface area contributed by atoms with Crippen LogP contribution < -0.4 is 0 Å². The first-order valence-electron chi connectivity index (χ1n) is 4.82. The maximum atomic E-state index is 12.0. The van der Waals surface area contributed by atoms with Crippen LogP contribution in [0, 0.1) is 0 Å². The fourth-order valence-electron chi connectivity index (χ4n) is 1.90. The lowest BCUT2D eigenvalue weighted by Gasteiger charge is -2.38. The smallest absolute Gasteiger partial charge is 0.326 e. The van der Waals surface area contributed by atoms with Gasteiger partial charge in [-0.25, -0.2) is 0 Å². The third-order valence-corrected chi connectivity index (χ3v) is 2.83. The molecule has 0 aromatic heterocycles. The maximum absolute atomic E-state index is 12.0. The summed E-state index contributed by atoms with van der Waals surface area (Å²) in [5.41, 5.74) is 0. The number of likely N-dealkylation sites (tertiary alicyclic amines) is 1. The van der Waals surface area contributed by atoms with Crippen molar-refractivity contribution in [3.8, 4) is 0 Å². The van der Waals surface area contributed by atoms with Gasteiger partial charge in [-0.05, 0) is 19.3 Å². The van der Waals surface area contributed by atoms with E-state index in [1.807, 2.05) is 7.05 Å². The van der Waals surface area contributed by atoms with Gasteiger partial charge in [0.25, 0.3) is 0 Å². The highest BCUT2D eigenvalue weighted by atomic mass is 19.4. The largest absolute Gasteiger partial charge is 0.394 e. The monoisotopic (exact) mass is 196 g/mol. The lowest BCUT2D eigenvalue weighted by atomic mass is 10.1. The van der Waals surface area contributed by atoms with Gasteiger partial charge in [-0.2, -0.15) is 13.2 Å². The normalized spacial score (nSPS) is 23.1. The summed E-state index contributed by atoms with van der Waals surface area (Å²) in [5, 5.41) is 0. The van der Waals surface area contributed by atoms with Gasteiger partial charge in [-0.3, -0.25) is 0 Å². The zero-order chi connectivity index (χ0) is 9.95. The van der Waals surface area contributed by atoms with E-state index < -0.39 is 12.6 Å². The van der Waals surface area contributed by atoms with Gasteiger partial charge in [0.15, 0.2) is 0 Å². The van der Waals surface area contributed by atoms with Gasteiger partial charge >= 0.3 is 6.18 Å². The molecule has 0 spiro atoms. The Morgan fingerprint density at radius 3 is 2.08 bits per heavy atom. The van der Waals surface area contributed by atoms with Crippen molar-refractivity contribution < 1.29 is 17.7 Å². The molecular formula is C9H17F3N+. The molecule has 0 aromatic carbocycles. The predicted molar refractivity (Wildman–Crippen MR) is 45.3 cm³/mol. The standard InChI is InChI=1S/C9H17F3N/c1-13(6-3-2-4-7-13)8-5-9(10,11)12/h2-8H2,1H3/q+1. The molecule has 1 heterocycles. The fraction of sp³-hybridized carbons (Fsp3) is 1.00. The summed E-state index contributed by atoms with van der Waals surface area (Å²) in [4.78, 5) is 0. The van der Waals surface area contributed by atoms with Crippen molar-refractivity contribution in [3.63, 3.8) is 0 Å². The Morgan fingerprint density at radius 1 is 1.08 bits per heavy atom. The summed E-state index contributed by atoms with van der Waals surface area (Å²) >= 11 is 0. The van der Waals surface area contributed by atoms with Gasteiger partial charge in [0, 0.05) is 0 Å². The van der Waals surface area contributed by atoms with Crippen LogP contribution in [0.25, 0.3) is 0 Å². The molecule has 1 saturated heterocycles. The molecular weight excluding hydrogens is 179 g/mol. The Bertz CT molecular complexity index is 159. The van der Waals surface area contributed by atoms with E-state index >= 15 is 0 Å². The van der Waals surface area contributed by atoms with E-state index in [9.17, 15) is 13.2 Å². The average molecular weight is 196 g/mol. The molecule has 0 radical (unpaired) electrons. The molecule has 0 atom stereocenters. The van der Waals surface area contributed by atoms with Crippen LogP contribution in [0.1, 0.15) is 25.7 Å². The first-order valence-corrected chi connectivity index (χ1v) is 4.82. The molecule has 1 aliphatic rings. The molecule has 1 rings (SSSR count). The van der Waals surface area contributed by atoms with Crippen molar-refractivity contribution in [2.24, 2.45) is 0 Å². The van der Waals surface area contributed by atoms with Crippen LogP contribution in [0.15, 0.2) is 0 Å². The topological polar surface area (TPSA) is 0 Å². The molecule has 0 aromatic rings. The van der Waals surface area contributed by atoms with E-state index in [-0.39, 0.29) is 6.54 Å². The van der Waals surface area contributed by atoms with Crippen LogP contribution >= 0.6 is 0 Å². The van der Waals surface area contributed by atoms with E-state index in [4.69, 9.17) is 0 Å². The number of rotatable bonds is 2. The molecule has 0 bridgehead atoms. The summed E-state index contributed by atoms with van der Waals surface area (Å²) in [7, 11) is 1.94. The van der Waals surface area contributed by atoms with E-state index in [1.54, 1.807) is 0 Å². The second-order valence-corrected chi connectivity index (χ2v) is 4.22. The first kappa shape index (κ1) is 10.8. The Morgan fingerprint density at radius 2 is 1.62 bits per heavy atom. The predicted octanol–water partition coefficient (Wildman–Crippen LogP) is 2.57. The van der Waals surface area contributed by atoms with Gasteiger partial charge in [-0.1, -0.05) is 0 Å². The van der Waals surface area contributed by atoms with Gasteiger partial charge in [0.2, 0.25) is 0 Å². The summed E-state index contributed by atoms with van der Waals surface area (Å²) in [6, 6.07) is 0. The number of halogens is 3.